The molecule has 0 bridgehead atoms. The second-order valence-corrected chi connectivity index (χ2v) is 4.65. The highest BCUT2D eigenvalue weighted by Gasteiger charge is 2.10. The van der Waals surface area contributed by atoms with E-state index in [1.165, 1.54) is 0 Å². The van der Waals surface area contributed by atoms with E-state index in [1.54, 1.807) is 6.33 Å². The van der Waals surface area contributed by atoms with E-state index in [0.29, 0.717) is 5.56 Å². The Morgan fingerprint density at radius 3 is 3.11 bits per heavy atom. The SMILES string of the molecule is CCCCC(C)NC(=O)c1ccc2nc[nH]c2c1. The number of amides is 1. The Kier molecular flexibility index (Phi) is 3.97. The molecule has 4 heteroatoms. The van der Waals surface area contributed by atoms with E-state index >= 15 is 0 Å². The van der Waals surface area contributed by atoms with Crippen LogP contribution in [0.4, 0.5) is 0 Å². The van der Waals surface area contributed by atoms with Crippen molar-refractivity contribution in [3.05, 3.63) is 30.1 Å². The predicted octanol–water partition coefficient (Wildman–Crippen LogP) is 2.87. The summed E-state index contributed by atoms with van der Waals surface area (Å²) < 4.78 is 0. The Morgan fingerprint density at radius 2 is 2.33 bits per heavy atom. The Labute approximate surface area is 107 Å². The lowest BCUT2D eigenvalue weighted by Crippen LogP contribution is -2.32. The summed E-state index contributed by atoms with van der Waals surface area (Å²) in [6, 6.07) is 5.72. The summed E-state index contributed by atoms with van der Waals surface area (Å²) in [7, 11) is 0. The van der Waals surface area contributed by atoms with Crippen molar-refractivity contribution in [3.63, 3.8) is 0 Å². The Bertz CT molecular complexity index is 533. The molecular formula is C14H19N3O. The van der Waals surface area contributed by atoms with E-state index in [-0.39, 0.29) is 11.9 Å². The molecule has 0 aliphatic heterocycles. The molecule has 1 amide bonds. The van der Waals surface area contributed by atoms with Crippen LogP contribution >= 0.6 is 0 Å². The summed E-state index contributed by atoms with van der Waals surface area (Å²) in [6.07, 6.45) is 4.95. The highest BCUT2D eigenvalue weighted by Crippen LogP contribution is 2.12. The summed E-state index contributed by atoms with van der Waals surface area (Å²) in [6.45, 7) is 4.20. The Hall–Kier alpha value is -1.84. The predicted molar refractivity (Wildman–Crippen MR) is 72.5 cm³/mol. The monoisotopic (exact) mass is 245 g/mol. The van der Waals surface area contributed by atoms with Gasteiger partial charge in [-0.3, -0.25) is 4.79 Å². The molecule has 0 fully saturated rings. The minimum Gasteiger partial charge on any atom is -0.350 e. The number of benzene rings is 1. The fourth-order valence-corrected chi connectivity index (χ4v) is 1.97. The van der Waals surface area contributed by atoms with Crippen molar-refractivity contribution in [2.45, 2.75) is 39.2 Å². The zero-order valence-corrected chi connectivity index (χ0v) is 10.9. The molecule has 1 aromatic heterocycles. The number of nitrogens with zero attached hydrogens (tertiary/aromatic N) is 1. The molecule has 1 atom stereocenters. The largest absolute Gasteiger partial charge is 0.350 e. The summed E-state index contributed by atoms with van der Waals surface area (Å²) in [5, 5.41) is 3.01. The molecule has 96 valence electrons. The number of carbonyl (C=O) groups is 1. The number of fused-ring (bicyclic) bond motifs is 1. The van der Waals surface area contributed by atoms with E-state index in [4.69, 9.17) is 0 Å². The third-order valence-corrected chi connectivity index (χ3v) is 3.05. The van der Waals surface area contributed by atoms with Crippen LogP contribution in [0.15, 0.2) is 24.5 Å². The van der Waals surface area contributed by atoms with Crippen LogP contribution in [-0.2, 0) is 0 Å². The van der Waals surface area contributed by atoms with Gasteiger partial charge in [0.1, 0.15) is 0 Å². The zero-order chi connectivity index (χ0) is 13.0. The van der Waals surface area contributed by atoms with Crippen molar-refractivity contribution in [2.75, 3.05) is 0 Å². The van der Waals surface area contributed by atoms with E-state index in [1.807, 2.05) is 25.1 Å². The van der Waals surface area contributed by atoms with Crippen LogP contribution in [0.5, 0.6) is 0 Å². The van der Waals surface area contributed by atoms with Crippen LogP contribution in [0.25, 0.3) is 11.0 Å². The first kappa shape index (κ1) is 12.6. The zero-order valence-electron chi connectivity index (χ0n) is 10.9. The van der Waals surface area contributed by atoms with Crippen molar-refractivity contribution in [1.82, 2.24) is 15.3 Å². The van der Waals surface area contributed by atoms with Gasteiger partial charge in [-0.1, -0.05) is 19.8 Å². The lowest BCUT2D eigenvalue weighted by Gasteiger charge is -2.13. The Balaban J connectivity index is 2.03. The number of unbranched alkanes of at least 4 members (excludes halogenated alkanes) is 1. The number of imidazole rings is 1. The molecule has 2 aromatic rings. The van der Waals surface area contributed by atoms with Gasteiger partial charge in [0.2, 0.25) is 0 Å². The second kappa shape index (κ2) is 5.67. The van der Waals surface area contributed by atoms with Gasteiger partial charge in [0, 0.05) is 11.6 Å². The molecule has 4 nitrogen and oxygen atoms in total. The Morgan fingerprint density at radius 1 is 1.50 bits per heavy atom. The number of aromatic nitrogens is 2. The molecule has 1 heterocycles. The third-order valence-electron chi connectivity index (χ3n) is 3.05. The lowest BCUT2D eigenvalue weighted by atomic mass is 10.1. The van der Waals surface area contributed by atoms with Gasteiger partial charge in [0.25, 0.3) is 5.91 Å². The highest BCUT2D eigenvalue weighted by atomic mass is 16.1. The first-order valence-corrected chi connectivity index (χ1v) is 6.44. The van der Waals surface area contributed by atoms with Gasteiger partial charge in [-0.15, -0.1) is 0 Å². The lowest BCUT2D eigenvalue weighted by molar-refractivity contribution is 0.0938. The van der Waals surface area contributed by atoms with E-state index in [0.717, 1.165) is 30.3 Å². The first-order valence-electron chi connectivity index (χ1n) is 6.44. The minimum atomic E-state index is -0.0184. The maximum absolute atomic E-state index is 12.0. The van der Waals surface area contributed by atoms with Gasteiger partial charge in [0.05, 0.1) is 17.4 Å². The number of carbonyl (C=O) groups excluding carboxylic acids is 1. The number of nitrogens with one attached hydrogen (secondary N) is 2. The summed E-state index contributed by atoms with van der Waals surface area (Å²) >= 11 is 0. The van der Waals surface area contributed by atoms with Crippen molar-refractivity contribution < 1.29 is 4.79 Å². The molecule has 0 saturated heterocycles. The molecule has 0 saturated carbocycles. The highest BCUT2D eigenvalue weighted by molar-refractivity contribution is 5.97. The normalized spacial score (nSPS) is 12.6. The smallest absolute Gasteiger partial charge is 0.251 e. The molecule has 0 spiro atoms. The van der Waals surface area contributed by atoms with Gasteiger partial charge in [0.15, 0.2) is 0 Å². The number of hydrogen-bond acceptors (Lipinski definition) is 2. The van der Waals surface area contributed by atoms with E-state index in [2.05, 4.69) is 22.2 Å². The molecule has 0 radical (unpaired) electrons. The molecule has 0 aliphatic carbocycles. The van der Waals surface area contributed by atoms with Gasteiger partial charge in [-0.2, -0.15) is 0 Å². The maximum atomic E-state index is 12.0. The quantitative estimate of drug-likeness (QED) is 0.851. The average molecular weight is 245 g/mol. The van der Waals surface area contributed by atoms with Crippen LogP contribution in [-0.4, -0.2) is 21.9 Å². The maximum Gasteiger partial charge on any atom is 0.251 e. The fourth-order valence-electron chi connectivity index (χ4n) is 1.97. The fraction of sp³-hybridized carbons (Fsp3) is 0.429. The first-order chi connectivity index (χ1) is 8.70. The minimum absolute atomic E-state index is 0.0184. The molecule has 1 aromatic carbocycles. The topological polar surface area (TPSA) is 57.8 Å². The van der Waals surface area contributed by atoms with E-state index in [9.17, 15) is 4.79 Å². The van der Waals surface area contributed by atoms with Crippen LogP contribution in [0.3, 0.4) is 0 Å². The van der Waals surface area contributed by atoms with Crippen molar-refractivity contribution in [2.24, 2.45) is 0 Å². The molecule has 2 N–H and O–H groups in total. The van der Waals surface area contributed by atoms with Crippen molar-refractivity contribution >= 4 is 16.9 Å². The molecule has 2 rings (SSSR count). The van der Waals surface area contributed by atoms with Crippen LogP contribution in [0.2, 0.25) is 0 Å². The number of aromatic amines is 1. The number of H-pyrrole nitrogens is 1. The second-order valence-electron chi connectivity index (χ2n) is 4.65. The molecular weight excluding hydrogens is 226 g/mol. The molecule has 0 aliphatic rings. The van der Waals surface area contributed by atoms with Crippen molar-refractivity contribution in [3.8, 4) is 0 Å². The van der Waals surface area contributed by atoms with Gasteiger partial charge < -0.3 is 10.3 Å². The average Bonchev–Trinajstić information content (AvgIpc) is 2.83. The summed E-state index contributed by atoms with van der Waals surface area (Å²) in [4.78, 5) is 19.2. The van der Waals surface area contributed by atoms with Gasteiger partial charge >= 0.3 is 0 Å². The van der Waals surface area contributed by atoms with Gasteiger partial charge in [-0.05, 0) is 31.5 Å². The van der Waals surface area contributed by atoms with Gasteiger partial charge in [-0.25, -0.2) is 4.98 Å². The molecule has 1 unspecified atom stereocenters. The van der Waals surface area contributed by atoms with Crippen molar-refractivity contribution in [1.29, 1.82) is 0 Å². The van der Waals surface area contributed by atoms with Crippen LogP contribution in [0, 0.1) is 0 Å². The van der Waals surface area contributed by atoms with Crippen LogP contribution in [0.1, 0.15) is 43.5 Å². The van der Waals surface area contributed by atoms with E-state index < -0.39 is 0 Å². The number of rotatable bonds is 5. The molecule has 18 heavy (non-hydrogen) atoms. The third kappa shape index (κ3) is 2.88. The standard InChI is InChI=1S/C14H19N3O/c1-3-4-5-10(2)17-14(18)11-6-7-12-13(8-11)16-9-15-12/h6-10H,3-5H2,1-2H3,(H,15,16)(H,17,18). The summed E-state index contributed by atoms with van der Waals surface area (Å²) in [5.74, 6) is -0.0184. The van der Waals surface area contributed by atoms with Crippen LogP contribution < -0.4 is 5.32 Å². The summed E-state index contributed by atoms with van der Waals surface area (Å²) in [5.41, 5.74) is 2.45. The number of hydrogen-bond donors (Lipinski definition) is 2.